The third kappa shape index (κ3) is 9.54. The van der Waals surface area contributed by atoms with Crippen LogP contribution in [0.3, 0.4) is 0 Å². The molecule has 0 saturated carbocycles. The van der Waals surface area contributed by atoms with Gasteiger partial charge in [-0.3, -0.25) is 13.7 Å². The molecule has 5 heteroatoms. The van der Waals surface area contributed by atoms with E-state index in [9.17, 15) is 0 Å². The molecule has 0 aliphatic carbocycles. The molecule has 8 aromatic carbocycles. The molecule has 0 spiro atoms. The van der Waals surface area contributed by atoms with E-state index in [1.807, 2.05) is 6.20 Å². The maximum atomic E-state index is 7.25. The van der Waals surface area contributed by atoms with Gasteiger partial charge in [-0.1, -0.05) is 223 Å². The Kier molecular flexibility index (Phi) is 13.0. The van der Waals surface area contributed by atoms with Crippen LogP contribution in [0.25, 0.3) is 50.1 Å². The van der Waals surface area contributed by atoms with Gasteiger partial charge in [0.25, 0.3) is 6.33 Å². The second kappa shape index (κ2) is 19.6. The quantitative estimate of drug-likeness (QED) is 0.0903. The van der Waals surface area contributed by atoms with Crippen molar-refractivity contribution in [2.45, 2.75) is 110 Å². The van der Waals surface area contributed by atoms with E-state index in [0.717, 1.165) is 61.9 Å². The van der Waals surface area contributed by atoms with E-state index >= 15 is 0 Å². The third-order valence-corrected chi connectivity index (χ3v) is 16.3. The second-order valence-electron chi connectivity index (χ2n) is 24.8. The summed E-state index contributed by atoms with van der Waals surface area (Å²) in [7, 11) is 0. The van der Waals surface area contributed by atoms with Crippen molar-refractivity contribution in [3.05, 3.63) is 270 Å². The molecule has 78 heavy (non-hydrogen) atoms. The van der Waals surface area contributed by atoms with Crippen molar-refractivity contribution in [2.75, 3.05) is 0 Å². The number of benzene rings is 8. The zero-order chi connectivity index (χ0) is 54.8. The van der Waals surface area contributed by atoms with Crippen molar-refractivity contribution in [1.29, 1.82) is 0 Å². The lowest BCUT2D eigenvalue weighted by atomic mass is 9.73. The van der Waals surface area contributed by atoms with Gasteiger partial charge in [-0.15, -0.1) is 0 Å². The highest BCUT2D eigenvalue weighted by molar-refractivity contribution is 6.09. The molecule has 0 unspecified atom stereocenters. The zero-order valence-corrected chi connectivity index (χ0v) is 47.5. The number of pyridine rings is 1. The van der Waals surface area contributed by atoms with Crippen LogP contribution in [0, 0.1) is 6.33 Å². The highest BCUT2D eigenvalue weighted by Gasteiger charge is 2.40. The average Bonchev–Trinajstić information content (AvgIpc) is 4.21. The van der Waals surface area contributed by atoms with Crippen molar-refractivity contribution >= 4 is 21.8 Å². The molecule has 11 aromatic rings. The fraction of sp³-hybridized carbons (Fsp3) is 0.233. The van der Waals surface area contributed by atoms with Gasteiger partial charge in [-0.25, -0.2) is 4.98 Å². The van der Waals surface area contributed by atoms with Crippen molar-refractivity contribution in [1.82, 2.24) is 14.1 Å². The Labute approximate surface area is 462 Å². The Morgan fingerprint density at radius 2 is 0.987 bits per heavy atom. The Bertz CT molecular complexity index is 3960. The zero-order valence-electron chi connectivity index (χ0n) is 47.5. The standard InChI is InChI=1S/C73H72N4O/c1-69(2,3)55-36-39-64-63(45-55)62-38-37-60(48-65(62)77(64)66-46-56(40-41-74-66)70(4,5)6)78-61-43-51(50-26-17-13-18-27-50)42-59(47-61)76-49-75(58-35-25-34-57(44-58)71(7,8)52-28-19-14-20-29-52)67(72(9,10)53-30-21-15-22-31-53)68(76)73(11,12)54-32-23-16-24-33-54/h13-48H,1-12H3. The SMILES string of the molecule is CC(C)(C)c1ccnc(-n2c3ccc(C(C)(C)C)cc3c3ccc(Oc4cc(-c5ccccc5)cc(-n5[c-][n+](-c6cccc(C(C)(C)c7ccccc7)c6)c(C(C)(C)c6ccccc6)c5C(C)(C)c5ccccc5)c4)cc32)c1. The molecule has 3 heterocycles. The van der Waals surface area contributed by atoms with Gasteiger partial charge < -0.3 is 4.74 Å². The lowest BCUT2D eigenvalue weighted by molar-refractivity contribution is -0.611. The van der Waals surface area contributed by atoms with E-state index in [1.165, 1.54) is 38.8 Å². The molecular weight excluding hydrogens is 949 g/mol. The van der Waals surface area contributed by atoms with Crippen molar-refractivity contribution in [3.8, 4) is 39.8 Å². The maximum Gasteiger partial charge on any atom is 0.269 e. The minimum atomic E-state index is -0.529. The number of imidazole rings is 1. The van der Waals surface area contributed by atoms with Crippen LogP contribution in [0.4, 0.5) is 0 Å². The molecule has 0 atom stereocenters. The minimum absolute atomic E-state index is 0.0223. The molecule has 11 rings (SSSR count). The van der Waals surface area contributed by atoms with Gasteiger partial charge in [0.2, 0.25) is 0 Å². The number of aromatic nitrogens is 4. The monoisotopic (exact) mass is 1020 g/mol. The summed E-state index contributed by atoms with van der Waals surface area (Å²) >= 11 is 0. The Morgan fingerprint density at radius 3 is 1.62 bits per heavy atom. The first-order valence-corrected chi connectivity index (χ1v) is 27.5. The maximum absolute atomic E-state index is 7.25. The number of rotatable bonds is 12. The molecule has 3 aromatic heterocycles. The van der Waals surface area contributed by atoms with Gasteiger partial charge in [-0.2, -0.15) is 0 Å². The first-order valence-electron chi connectivity index (χ1n) is 27.5. The molecule has 390 valence electrons. The molecule has 0 aliphatic rings. The van der Waals surface area contributed by atoms with Crippen molar-refractivity contribution in [3.63, 3.8) is 0 Å². The molecular formula is C73H72N4O. The molecule has 0 aliphatic heterocycles. The summed E-state index contributed by atoms with van der Waals surface area (Å²) in [4.78, 5) is 5.03. The van der Waals surface area contributed by atoms with Crippen LogP contribution in [-0.4, -0.2) is 14.1 Å². The van der Waals surface area contributed by atoms with E-state index < -0.39 is 10.8 Å². The van der Waals surface area contributed by atoms with Crippen LogP contribution < -0.4 is 9.30 Å². The molecule has 0 amide bonds. The predicted octanol–water partition coefficient (Wildman–Crippen LogP) is 18.1. The summed E-state index contributed by atoms with van der Waals surface area (Å²) in [5.74, 6) is 2.32. The normalized spacial score (nSPS) is 12.6. The lowest BCUT2D eigenvalue weighted by Crippen LogP contribution is -2.43. The van der Waals surface area contributed by atoms with Gasteiger partial charge in [0, 0.05) is 39.3 Å². The lowest BCUT2D eigenvalue weighted by Gasteiger charge is -2.35. The molecule has 0 radical (unpaired) electrons. The molecule has 0 fully saturated rings. The summed E-state index contributed by atoms with van der Waals surface area (Å²) in [5, 5.41) is 2.34. The van der Waals surface area contributed by atoms with E-state index in [1.54, 1.807) is 0 Å². The minimum Gasteiger partial charge on any atom is -0.458 e. The van der Waals surface area contributed by atoms with Gasteiger partial charge in [-0.05, 0) is 122 Å². The Balaban J connectivity index is 1.16. The second-order valence-corrected chi connectivity index (χ2v) is 24.8. The van der Waals surface area contributed by atoms with E-state index in [2.05, 4.69) is 315 Å². The number of nitrogens with zero attached hydrogens (tertiary/aromatic N) is 4. The smallest absolute Gasteiger partial charge is 0.269 e. The molecule has 0 saturated heterocycles. The average molecular weight is 1020 g/mol. The highest BCUT2D eigenvalue weighted by Crippen LogP contribution is 2.44. The summed E-state index contributed by atoms with van der Waals surface area (Å²) < 4.78 is 14.2. The number of fused-ring (bicyclic) bond motifs is 3. The van der Waals surface area contributed by atoms with Crippen LogP contribution in [-0.2, 0) is 27.1 Å². The van der Waals surface area contributed by atoms with Gasteiger partial charge in [0.1, 0.15) is 17.3 Å². The van der Waals surface area contributed by atoms with Crippen molar-refractivity contribution < 1.29 is 9.30 Å². The summed E-state index contributed by atoms with van der Waals surface area (Å²) in [5.41, 5.74) is 14.5. The molecule has 0 bridgehead atoms. The van der Waals surface area contributed by atoms with Gasteiger partial charge in [0.15, 0.2) is 0 Å². The summed E-state index contributed by atoms with van der Waals surface area (Å²) in [6.45, 7) is 27.7. The van der Waals surface area contributed by atoms with Crippen LogP contribution >= 0.6 is 0 Å². The van der Waals surface area contributed by atoms with Crippen LogP contribution in [0.15, 0.2) is 219 Å². The number of ether oxygens (including phenoxy) is 1. The largest absolute Gasteiger partial charge is 0.458 e. The third-order valence-electron chi connectivity index (χ3n) is 16.3. The van der Waals surface area contributed by atoms with Crippen LogP contribution in [0.2, 0.25) is 0 Å². The van der Waals surface area contributed by atoms with Crippen LogP contribution in [0.5, 0.6) is 11.5 Å². The summed E-state index contributed by atoms with van der Waals surface area (Å²) in [6, 6.07) is 76.8. The van der Waals surface area contributed by atoms with E-state index in [0.29, 0.717) is 5.75 Å². The van der Waals surface area contributed by atoms with E-state index in [-0.39, 0.29) is 16.2 Å². The van der Waals surface area contributed by atoms with Gasteiger partial charge in [0.05, 0.1) is 33.8 Å². The molecule has 0 N–H and O–H groups in total. The predicted molar refractivity (Wildman–Crippen MR) is 323 cm³/mol. The summed E-state index contributed by atoms with van der Waals surface area (Å²) in [6.07, 6.45) is 6.03. The van der Waals surface area contributed by atoms with Crippen molar-refractivity contribution in [2.24, 2.45) is 0 Å². The first-order chi connectivity index (χ1) is 37.2. The number of hydrogen-bond donors (Lipinski definition) is 0. The highest BCUT2D eigenvalue weighted by atomic mass is 16.5. The Morgan fingerprint density at radius 1 is 0.410 bits per heavy atom. The topological polar surface area (TPSA) is 35.9 Å². The first kappa shape index (κ1) is 51.8. The Hall–Kier alpha value is -8.28. The van der Waals surface area contributed by atoms with E-state index in [4.69, 9.17) is 9.72 Å². The molecule has 5 nitrogen and oxygen atoms in total. The fourth-order valence-corrected chi connectivity index (χ4v) is 11.5. The van der Waals surface area contributed by atoms with Gasteiger partial charge >= 0.3 is 0 Å². The number of hydrogen-bond acceptors (Lipinski definition) is 2. The van der Waals surface area contributed by atoms with Crippen LogP contribution in [0.1, 0.15) is 128 Å². The fourth-order valence-electron chi connectivity index (χ4n) is 11.5.